The van der Waals surface area contributed by atoms with Crippen LogP contribution in [0.2, 0.25) is 0 Å². The average molecular weight is 269 g/mol. The third kappa shape index (κ3) is 4.68. The summed E-state index contributed by atoms with van der Waals surface area (Å²) in [6.07, 6.45) is 2.63. The van der Waals surface area contributed by atoms with Gasteiger partial charge in [-0.3, -0.25) is 0 Å². The molecule has 0 heterocycles. The Hall–Kier alpha value is -1.66. The highest BCUT2D eigenvalue weighted by Crippen LogP contribution is 2.11. The predicted molar refractivity (Wildman–Crippen MR) is 67.4 cm³/mol. The van der Waals surface area contributed by atoms with Gasteiger partial charge in [-0.1, -0.05) is 24.3 Å². The molecule has 1 aromatic carbocycles. The van der Waals surface area contributed by atoms with Gasteiger partial charge in [0.2, 0.25) is 0 Å². The van der Waals surface area contributed by atoms with Gasteiger partial charge in [0, 0.05) is 12.6 Å². The van der Waals surface area contributed by atoms with E-state index in [-0.39, 0.29) is 4.90 Å². The molecule has 0 aliphatic carbocycles. The van der Waals surface area contributed by atoms with Crippen LogP contribution >= 0.6 is 0 Å². The molecule has 0 amide bonds. The van der Waals surface area contributed by atoms with Crippen LogP contribution in [0.4, 0.5) is 0 Å². The molecule has 5 nitrogen and oxygen atoms in total. The number of rotatable bonds is 5. The Bertz CT molecular complexity index is 520. The molecule has 18 heavy (non-hydrogen) atoms. The molecular weight excluding hydrogens is 254 g/mol. The highest BCUT2D eigenvalue weighted by atomic mass is 32.2. The highest BCUT2D eigenvalue weighted by Gasteiger charge is 2.17. The summed E-state index contributed by atoms with van der Waals surface area (Å²) in [5.41, 5.74) is 0. The number of carbonyl (C=O) groups excluding carboxylic acids is 1. The molecule has 0 spiro atoms. The van der Waals surface area contributed by atoms with Crippen molar-refractivity contribution in [1.29, 1.82) is 0 Å². The molecular formula is C12H15NO4S. The largest absolute Gasteiger partial charge is 0.346 e. The monoisotopic (exact) mass is 269 g/mol. The molecule has 0 fully saturated rings. The Morgan fingerprint density at radius 3 is 2.44 bits per heavy atom. The molecule has 0 unspecified atom stereocenters. The Labute approximate surface area is 107 Å². The van der Waals surface area contributed by atoms with Gasteiger partial charge in [0.25, 0.3) is 0 Å². The molecule has 0 atom stereocenters. The van der Waals surface area contributed by atoms with Crippen LogP contribution in [-0.4, -0.2) is 39.9 Å². The number of likely N-dealkylation sites (N-methyl/N-ethyl adjacent to an activating group) is 1. The number of hydrogen-bond donors (Lipinski definition) is 0. The van der Waals surface area contributed by atoms with Gasteiger partial charge in [-0.15, -0.1) is 0 Å². The summed E-state index contributed by atoms with van der Waals surface area (Å²) in [6.45, 7) is 0.528. The quantitative estimate of drug-likeness (QED) is 0.590. The van der Waals surface area contributed by atoms with E-state index in [0.717, 1.165) is 6.08 Å². The fourth-order valence-electron chi connectivity index (χ4n) is 1.13. The maximum absolute atomic E-state index is 11.7. The van der Waals surface area contributed by atoms with Gasteiger partial charge in [-0.25, -0.2) is 4.79 Å². The molecule has 0 bridgehead atoms. The van der Waals surface area contributed by atoms with Crippen LogP contribution in [-0.2, 0) is 19.1 Å². The summed E-state index contributed by atoms with van der Waals surface area (Å²) in [5.74, 6) is -0.902. The summed E-state index contributed by atoms with van der Waals surface area (Å²) >= 11 is 0. The SMILES string of the molecule is CN(C)CC=CC(=O)OS(=O)(=O)c1ccccc1. The van der Waals surface area contributed by atoms with Gasteiger partial charge in [-0.05, 0) is 26.2 Å². The number of carbonyl (C=O) groups is 1. The van der Waals surface area contributed by atoms with E-state index in [1.165, 1.54) is 18.2 Å². The van der Waals surface area contributed by atoms with Crippen LogP contribution in [0.1, 0.15) is 0 Å². The van der Waals surface area contributed by atoms with E-state index >= 15 is 0 Å². The maximum Gasteiger partial charge on any atom is 0.346 e. The molecule has 0 aromatic heterocycles. The van der Waals surface area contributed by atoms with Crippen molar-refractivity contribution in [3.63, 3.8) is 0 Å². The Morgan fingerprint density at radius 2 is 1.89 bits per heavy atom. The Kier molecular flexibility index (Phi) is 5.06. The second kappa shape index (κ2) is 6.32. The third-order valence-corrected chi connectivity index (χ3v) is 3.18. The fourth-order valence-corrected chi connectivity index (χ4v) is 1.99. The summed E-state index contributed by atoms with van der Waals surface area (Å²) < 4.78 is 27.7. The zero-order valence-corrected chi connectivity index (χ0v) is 11.1. The van der Waals surface area contributed by atoms with E-state index in [0.29, 0.717) is 6.54 Å². The fraction of sp³-hybridized carbons (Fsp3) is 0.250. The molecule has 1 aromatic rings. The Balaban J connectivity index is 2.67. The maximum atomic E-state index is 11.7. The smallest absolute Gasteiger partial charge is 0.338 e. The average Bonchev–Trinajstić information content (AvgIpc) is 2.29. The first-order valence-corrected chi connectivity index (χ1v) is 6.67. The standard InChI is InChI=1S/C12H15NO4S/c1-13(2)10-6-9-12(14)17-18(15,16)11-7-4-3-5-8-11/h3-9H,10H2,1-2H3. The van der Waals surface area contributed by atoms with Crippen molar-refractivity contribution in [2.75, 3.05) is 20.6 Å². The van der Waals surface area contributed by atoms with Gasteiger partial charge in [0.15, 0.2) is 0 Å². The minimum atomic E-state index is -4.02. The predicted octanol–water partition coefficient (Wildman–Crippen LogP) is 1.04. The summed E-state index contributed by atoms with van der Waals surface area (Å²) in [4.78, 5) is 13.1. The van der Waals surface area contributed by atoms with Crippen molar-refractivity contribution in [1.82, 2.24) is 4.90 Å². The number of hydrogen-bond acceptors (Lipinski definition) is 5. The molecule has 98 valence electrons. The topological polar surface area (TPSA) is 63.7 Å². The van der Waals surface area contributed by atoms with Crippen molar-refractivity contribution in [2.45, 2.75) is 4.90 Å². The molecule has 0 radical (unpaired) electrons. The lowest BCUT2D eigenvalue weighted by Crippen LogP contribution is -2.13. The van der Waals surface area contributed by atoms with E-state index in [9.17, 15) is 13.2 Å². The van der Waals surface area contributed by atoms with Crippen molar-refractivity contribution in [2.24, 2.45) is 0 Å². The van der Waals surface area contributed by atoms with Crippen molar-refractivity contribution < 1.29 is 17.4 Å². The lowest BCUT2D eigenvalue weighted by Gasteiger charge is -2.04. The van der Waals surface area contributed by atoms with Crippen LogP contribution in [0.3, 0.4) is 0 Å². The lowest BCUT2D eigenvalue weighted by molar-refractivity contribution is -0.128. The van der Waals surface area contributed by atoms with Crippen LogP contribution in [0.5, 0.6) is 0 Å². The zero-order chi connectivity index (χ0) is 13.6. The van der Waals surface area contributed by atoms with Gasteiger partial charge < -0.3 is 9.08 Å². The molecule has 6 heteroatoms. The summed E-state index contributed by atoms with van der Waals surface area (Å²) in [6, 6.07) is 7.53. The highest BCUT2D eigenvalue weighted by molar-refractivity contribution is 7.87. The molecule has 0 saturated carbocycles. The van der Waals surface area contributed by atoms with Crippen molar-refractivity contribution in [3.8, 4) is 0 Å². The molecule has 0 aliphatic heterocycles. The molecule has 1 rings (SSSR count). The number of benzene rings is 1. The van der Waals surface area contributed by atoms with Crippen LogP contribution in [0.15, 0.2) is 47.4 Å². The van der Waals surface area contributed by atoms with Crippen molar-refractivity contribution >= 4 is 16.1 Å². The van der Waals surface area contributed by atoms with E-state index in [4.69, 9.17) is 0 Å². The Morgan fingerprint density at radius 1 is 1.28 bits per heavy atom. The van der Waals surface area contributed by atoms with Gasteiger partial charge in [-0.2, -0.15) is 8.42 Å². The van der Waals surface area contributed by atoms with Gasteiger partial charge in [0.1, 0.15) is 4.90 Å². The molecule has 0 N–H and O–H groups in total. The van der Waals surface area contributed by atoms with Gasteiger partial charge >= 0.3 is 16.1 Å². The first-order valence-electron chi connectivity index (χ1n) is 5.26. The second-order valence-corrected chi connectivity index (χ2v) is 5.38. The molecule has 0 aliphatic rings. The summed E-state index contributed by atoms with van der Waals surface area (Å²) in [7, 11) is -0.365. The van der Waals surface area contributed by atoms with E-state index < -0.39 is 16.1 Å². The van der Waals surface area contributed by atoms with Crippen molar-refractivity contribution in [3.05, 3.63) is 42.5 Å². The first kappa shape index (κ1) is 14.4. The minimum absolute atomic E-state index is 0.0423. The van der Waals surface area contributed by atoms with Crippen LogP contribution in [0, 0.1) is 0 Å². The number of nitrogens with zero attached hydrogens (tertiary/aromatic N) is 1. The zero-order valence-electron chi connectivity index (χ0n) is 10.2. The molecule has 0 saturated heterocycles. The minimum Gasteiger partial charge on any atom is -0.338 e. The van der Waals surface area contributed by atoms with E-state index in [1.807, 2.05) is 19.0 Å². The van der Waals surface area contributed by atoms with Gasteiger partial charge in [0.05, 0.1) is 0 Å². The third-order valence-electron chi connectivity index (χ3n) is 1.95. The second-order valence-electron chi connectivity index (χ2n) is 3.83. The van der Waals surface area contributed by atoms with E-state index in [1.54, 1.807) is 18.2 Å². The normalized spacial score (nSPS) is 11.9. The first-order chi connectivity index (χ1) is 8.42. The van der Waals surface area contributed by atoms with Crippen LogP contribution in [0.25, 0.3) is 0 Å². The summed E-state index contributed by atoms with van der Waals surface area (Å²) in [5, 5.41) is 0. The lowest BCUT2D eigenvalue weighted by atomic mass is 10.4. The van der Waals surface area contributed by atoms with E-state index in [2.05, 4.69) is 4.18 Å². The van der Waals surface area contributed by atoms with Crippen LogP contribution < -0.4 is 0 Å².